The lowest BCUT2D eigenvalue weighted by atomic mass is 10.0. The van der Waals surface area contributed by atoms with Crippen molar-refractivity contribution >= 4 is 38.2 Å². The SMILES string of the molecule is OC(Cc1ccnc2ccccc12)c1csc(Br)c1. The molecule has 0 saturated carbocycles. The number of rotatable bonds is 3. The standard InChI is InChI=1S/C15H12BrNOS/c16-15-8-11(9-19-15)14(18)7-10-5-6-17-13-4-2-1-3-12(10)13/h1-6,8-9,14,18H,7H2. The second-order valence-electron chi connectivity index (χ2n) is 4.39. The minimum atomic E-state index is -0.478. The molecule has 0 saturated heterocycles. The predicted octanol–water partition coefficient (Wildman–Crippen LogP) is 4.33. The zero-order chi connectivity index (χ0) is 13.2. The fraction of sp³-hybridized carbons (Fsp3) is 0.133. The summed E-state index contributed by atoms with van der Waals surface area (Å²) in [6.07, 6.45) is 1.92. The molecule has 19 heavy (non-hydrogen) atoms. The first kappa shape index (κ1) is 12.8. The topological polar surface area (TPSA) is 33.1 Å². The van der Waals surface area contributed by atoms with E-state index in [0.717, 1.165) is 25.8 Å². The molecule has 3 aromatic rings. The maximum absolute atomic E-state index is 10.3. The van der Waals surface area contributed by atoms with Crippen molar-refractivity contribution in [1.29, 1.82) is 0 Å². The van der Waals surface area contributed by atoms with Crippen LogP contribution < -0.4 is 0 Å². The molecule has 0 aliphatic heterocycles. The van der Waals surface area contributed by atoms with Crippen LogP contribution in [0.3, 0.4) is 0 Å². The molecule has 1 aromatic carbocycles. The van der Waals surface area contributed by atoms with Gasteiger partial charge in [-0.1, -0.05) is 18.2 Å². The lowest BCUT2D eigenvalue weighted by Crippen LogP contribution is -2.01. The van der Waals surface area contributed by atoms with Gasteiger partial charge in [-0.15, -0.1) is 11.3 Å². The van der Waals surface area contributed by atoms with Gasteiger partial charge < -0.3 is 5.11 Å². The van der Waals surface area contributed by atoms with E-state index in [1.54, 1.807) is 17.5 Å². The summed E-state index contributed by atoms with van der Waals surface area (Å²) in [6, 6.07) is 12.0. The van der Waals surface area contributed by atoms with Crippen molar-refractivity contribution in [2.45, 2.75) is 12.5 Å². The number of benzene rings is 1. The summed E-state index contributed by atoms with van der Waals surface area (Å²) in [4.78, 5) is 4.34. The fourth-order valence-electron chi connectivity index (χ4n) is 2.16. The van der Waals surface area contributed by atoms with Crippen LogP contribution in [0.5, 0.6) is 0 Å². The van der Waals surface area contributed by atoms with Gasteiger partial charge in [0.05, 0.1) is 15.4 Å². The predicted molar refractivity (Wildman–Crippen MR) is 82.4 cm³/mol. The van der Waals surface area contributed by atoms with Crippen molar-refractivity contribution in [3.63, 3.8) is 0 Å². The highest BCUT2D eigenvalue weighted by molar-refractivity contribution is 9.11. The molecule has 1 unspecified atom stereocenters. The van der Waals surface area contributed by atoms with Crippen LogP contribution in [-0.2, 0) is 6.42 Å². The fourth-order valence-corrected chi connectivity index (χ4v) is 3.38. The molecule has 2 heterocycles. The van der Waals surface area contributed by atoms with Gasteiger partial charge in [0.25, 0.3) is 0 Å². The Hall–Kier alpha value is -1.23. The van der Waals surface area contributed by atoms with Gasteiger partial charge >= 0.3 is 0 Å². The van der Waals surface area contributed by atoms with Crippen molar-refractivity contribution in [1.82, 2.24) is 4.98 Å². The van der Waals surface area contributed by atoms with Crippen molar-refractivity contribution in [2.24, 2.45) is 0 Å². The molecule has 96 valence electrons. The minimum absolute atomic E-state index is 0.478. The summed E-state index contributed by atoms with van der Waals surface area (Å²) in [5.74, 6) is 0. The van der Waals surface area contributed by atoms with Crippen LogP contribution in [0, 0.1) is 0 Å². The average Bonchev–Trinajstić information content (AvgIpc) is 2.86. The highest BCUT2D eigenvalue weighted by Gasteiger charge is 2.12. The Labute approximate surface area is 123 Å². The second kappa shape index (κ2) is 5.41. The zero-order valence-electron chi connectivity index (χ0n) is 10.1. The van der Waals surface area contributed by atoms with Gasteiger partial charge in [0, 0.05) is 18.0 Å². The number of halogens is 1. The molecule has 0 bridgehead atoms. The lowest BCUT2D eigenvalue weighted by molar-refractivity contribution is 0.179. The molecular formula is C15H12BrNOS. The Morgan fingerprint density at radius 1 is 1.26 bits per heavy atom. The van der Waals surface area contributed by atoms with Gasteiger partial charge in [-0.2, -0.15) is 0 Å². The van der Waals surface area contributed by atoms with Crippen LogP contribution in [0.2, 0.25) is 0 Å². The van der Waals surface area contributed by atoms with E-state index in [1.807, 2.05) is 41.8 Å². The highest BCUT2D eigenvalue weighted by Crippen LogP contribution is 2.28. The van der Waals surface area contributed by atoms with Crippen molar-refractivity contribution in [3.8, 4) is 0 Å². The number of aliphatic hydroxyl groups excluding tert-OH is 1. The first-order valence-electron chi connectivity index (χ1n) is 5.98. The van der Waals surface area contributed by atoms with E-state index in [9.17, 15) is 5.11 Å². The number of para-hydroxylation sites is 1. The summed E-state index contributed by atoms with van der Waals surface area (Å²) in [5.41, 5.74) is 3.05. The Kier molecular flexibility index (Phi) is 3.64. The van der Waals surface area contributed by atoms with E-state index in [2.05, 4.69) is 20.9 Å². The van der Waals surface area contributed by atoms with Gasteiger partial charge in [-0.3, -0.25) is 4.98 Å². The van der Waals surface area contributed by atoms with Crippen molar-refractivity contribution in [2.75, 3.05) is 0 Å². The Morgan fingerprint density at radius 3 is 2.89 bits per heavy atom. The maximum atomic E-state index is 10.3. The summed E-state index contributed by atoms with van der Waals surface area (Å²) < 4.78 is 1.04. The number of aliphatic hydroxyl groups is 1. The molecule has 0 spiro atoms. The van der Waals surface area contributed by atoms with Crippen LogP contribution in [-0.4, -0.2) is 10.1 Å². The van der Waals surface area contributed by atoms with Gasteiger partial charge in [-0.25, -0.2) is 0 Å². The van der Waals surface area contributed by atoms with E-state index >= 15 is 0 Å². The molecule has 0 amide bonds. The van der Waals surface area contributed by atoms with E-state index < -0.39 is 6.10 Å². The molecular weight excluding hydrogens is 322 g/mol. The van der Waals surface area contributed by atoms with Crippen LogP contribution in [0.25, 0.3) is 10.9 Å². The van der Waals surface area contributed by atoms with Crippen LogP contribution >= 0.6 is 27.3 Å². The summed E-state index contributed by atoms with van der Waals surface area (Å²) in [6.45, 7) is 0. The van der Waals surface area contributed by atoms with Gasteiger partial charge in [-0.05, 0) is 50.6 Å². The van der Waals surface area contributed by atoms with E-state index in [-0.39, 0.29) is 0 Å². The lowest BCUT2D eigenvalue weighted by Gasteiger charge is -2.11. The molecule has 1 N–H and O–H groups in total. The first-order chi connectivity index (χ1) is 9.24. The summed E-state index contributed by atoms with van der Waals surface area (Å²) >= 11 is 5.01. The molecule has 4 heteroatoms. The first-order valence-corrected chi connectivity index (χ1v) is 7.66. The van der Waals surface area contributed by atoms with E-state index in [0.29, 0.717) is 6.42 Å². The molecule has 2 nitrogen and oxygen atoms in total. The normalized spacial score (nSPS) is 12.7. The number of aromatic nitrogens is 1. The van der Waals surface area contributed by atoms with E-state index in [1.165, 1.54) is 0 Å². The van der Waals surface area contributed by atoms with Crippen LogP contribution in [0.15, 0.2) is 51.8 Å². The number of hydrogen-bond acceptors (Lipinski definition) is 3. The zero-order valence-corrected chi connectivity index (χ0v) is 12.5. The molecule has 2 aromatic heterocycles. The number of hydrogen-bond donors (Lipinski definition) is 1. The molecule has 0 aliphatic carbocycles. The molecule has 0 aliphatic rings. The van der Waals surface area contributed by atoms with Gasteiger partial charge in [0.1, 0.15) is 0 Å². The van der Waals surface area contributed by atoms with Gasteiger partial charge in [0.15, 0.2) is 0 Å². The third-order valence-corrected chi connectivity index (χ3v) is 4.65. The quantitative estimate of drug-likeness (QED) is 0.773. The van der Waals surface area contributed by atoms with Crippen molar-refractivity contribution in [3.05, 3.63) is 62.9 Å². The summed E-state index contributed by atoms with van der Waals surface area (Å²) in [5, 5.41) is 13.4. The number of nitrogens with zero attached hydrogens (tertiary/aromatic N) is 1. The molecule has 0 fully saturated rings. The van der Waals surface area contributed by atoms with Crippen LogP contribution in [0.1, 0.15) is 17.2 Å². The molecule has 1 atom stereocenters. The van der Waals surface area contributed by atoms with Gasteiger partial charge in [0.2, 0.25) is 0 Å². The Balaban J connectivity index is 1.93. The Morgan fingerprint density at radius 2 is 2.11 bits per heavy atom. The average molecular weight is 334 g/mol. The maximum Gasteiger partial charge on any atom is 0.0839 e. The van der Waals surface area contributed by atoms with Crippen molar-refractivity contribution < 1.29 is 5.11 Å². The van der Waals surface area contributed by atoms with Crippen LogP contribution in [0.4, 0.5) is 0 Å². The highest BCUT2D eigenvalue weighted by atomic mass is 79.9. The third-order valence-electron chi connectivity index (χ3n) is 3.13. The smallest absolute Gasteiger partial charge is 0.0839 e. The molecule has 0 radical (unpaired) electrons. The third kappa shape index (κ3) is 2.71. The largest absolute Gasteiger partial charge is 0.388 e. The second-order valence-corrected chi connectivity index (χ2v) is 6.68. The minimum Gasteiger partial charge on any atom is -0.388 e. The Bertz CT molecular complexity index is 705. The monoisotopic (exact) mass is 333 g/mol. The van der Waals surface area contributed by atoms with E-state index in [4.69, 9.17) is 0 Å². The number of fused-ring (bicyclic) bond motifs is 1. The molecule has 3 rings (SSSR count). The number of pyridine rings is 1. The summed E-state index contributed by atoms with van der Waals surface area (Å²) in [7, 11) is 0. The number of thiophene rings is 1.